The van der Waals surface area contributed by atoms with E-state index in [1.54, 1.807) is 0 Å². The Hall–Kier alpha value is -2.24. The lowest BCUT2D eigenvalue weighted by molar-refractivity contribution is -0.142. The zero-order chi connectivity index (χ0) is 26.1. The number of likely N-dealkylation sites (N-methyl/N-ethyl adjacent to an activating group) is 1. The van der Waals surface area contributed by atoms with E-state index in [4.69, 9.17) is 5.11 Å². The van der Waals surface area contributed by atoms with E-state index < -0.39 is 36.0 Å². The lowest BCUT2D eigenvalue weighted by Crippen LogP contribution is -2.57. The summed E-state index contributed by atoms with van der Waals surface area (Å²) in [4.78, 5) is 48.2. The van der Waals surface area contributed by atoms with Crippen LogP contribution in [0.2, 0.25) is 0 Å². The third-order valence-corrected chi connectivity index (χ3v) is 5.23. The van der Waals surface area contributed by atoms with Crippen LogP contribution < -0.4 is 26.6 Å². The number of rotatable bonds is 20. The number of nitrogens with one attached hydrogen (secondary N) is 5. The van der Waals surface area contributed by atoms with Crippen molar-refractivity contribution in [2.75, 3.05) is 19.6 Å². The standard InChI is InChI=1S/C23H45N5O6/c1-6-8-9-10-16(5)27-17(11-12-20(29)30)22(32)28-19(23(33)34)14-25-21(31)18(13-24-7-2)26-15(3)4/h15-19,24,26-27H,6-14H2,1-5H3,(H,25,31)(H,28,32)(H,29,30)(H,33,34)/t16?,17-,18-,19?/m0/s1. The summed E-state index contributed by atoms with van der Waals surface area (Å²) in [6, 6.07) is -2.74. The van der Waals surface area contributed by atoms with Crippen LogP contribution in [0, 0.1) is 0 Å². The minimum atomic E-state index is -1.35. The maximum atomic E-state index is 12.8. The molecule has 198 valence electrons. The third-order valence-electron chi connectivity index (χ3n) is 5.23. The first-order valence-corrected chi connectivity index (χ1v) is 12.3. The number of unbranched alkanes of at least 4 members (excludes halogenated alkanes) is 2. The molecule has 7 N–H and O–H groups in total. The maximum absolute atomic E-state index is 12.8. The van der Waals surface area contributed by atoms with Gasteiger partial charge in [0.1, 0.15) is 6.04 Å². The maximum Gasteiger partial charge on any atom is 0.328 e. The zero-order valence-electron chi connectivity index (χ0n) is 21.3. The van der Waals surface area contributed by atoms with Crippen molar-refractivity contribution in [1.29, 1.82) is 0 Å². The minimum absolute atomic E-state index is 0.0288. The highest BCUT2D eigenvalue weighted by molar-refractivity contribution is 5.88. The first-order valence-electron chi connectivity index (χ1n) is 12.3. The number of carbonyl (C=O) groups is 4. The molecule has 4 atom stereocenters. The van der Waals surface area contributed by atoms with Gasteiger partial charge in [-0.1, -0.05) is 47.0 Å². The molecule has 2 unspecified atom stereocenters. The molecule has 11 heteroatoms. The molecule has 0 bridgehead atoms. The van der Waals surface area contributed by atoms with Crippen LogP contribution in [0.1, 0.15) is 73.1 Å². The Bertz CT molecular complexity index is 631. The van der Waals surface area contributed by atoms with E-state index in [9.17, 15) is 24.3 Å². The molecular formula is C23H45N5O6. The van der Waals surface area contributed by atoms with Crippen molar-refractivity contribution in [3.05, 3.63) is 0 Å². The van der Waals surface area contributed by atoms with Crippen LogP contribution in [0.5, 0.6) is 0 Å². The topological polar surface area (TPSA) is 169 Å². The highest BCUT2D eigenvalue weighted by Crippen LogP contribution is 2.07. The van der Waals surface area contributed by atoms with Crippen molar-refractivity contribution >= 4 is 23.8 Å². The van der Waals surface area contributed by atoms with Crippen LogP contribution in [-0.4, -0.2) is 83.8 Å². The Morgan fingerprint density at radius 3 is 2.00 bits per heavy atom. The Morgan fingerprint density at radius 1 is 0.794 bits per heavy atom. The number of hydrogen-bond acceptors (Lipinski definition) is 7. The Labute approximate surface area is 203 Å². The molecule has 11 nitrogen and oxygen atoms in total. The SMILES string of the molecule is CCCCCC(C)N[C@@H](CCC(=O)O)C(=O)NC(CNC(=O)[C@H](CNCC)NC(C)C)C(=O)O. The van der Waals surface area contributed by atoms with E-state index in [-0.39, 0.29) is 37.4 Å². The highest BCUT2D eigenvalue weighted by Gasteiger charge is 2.28. The number of carbonyl (C=O) groups excluding carboxylic acids is 2. The average molecular weight is 488 g/mol. The summed E-state index contributed by atoms with van der Waals surface area (Å²) in [6.45, 7) is 10.5. The Morgan fingerprint density at radius 2 is 1.47 bits per heavy atom. The molecule has 2 amide bonds. The van der Waals surface area contributed by atoms with E-state index in [0.29, 0.717) is 13.1 Å². The van der Waals surface area contributed by atoms with Gasteiger partial charge < -0.3 is 36.8 Å². The average Bonchev–Trinajstić information content (AvgIpc) is 2.75. The summed E-state index contributed by atoms with van der Waals surface area (Å²) in [5.41, 5.74) is 0. The number of aliphatic carboxylic acids is 2. The molecule has 0 aliphatic heterocycles. The van der Waals surface area contributed by atoms with Gasteiger partial charge >= 0.3 is 11.9 Å². The van der Waals surface area contributed by atoms with Gasteiger partial charge in [0.2, 0.25) is 11.8 Å². The summed E-state index contributed by atoms with van der Waals surface area (Å²) in [7, 11) is 0. The molecule has 0 radical (unpaired) electrons. The molecule has 0 saturated heterocycles. The number of amides is 2. The Balaban J connectivity index is 5.11. The van der Waals surface area contributed by atoms with Crippen molar-refractivity contribution in [2.24, 2.45) is 0 Å². The molecule has 0 aromatic rings. The number of carboxylic acids is 2. The zero-order valence-corrected chi connectivity index (χ0v) is 21.3. The quantitative estimate of drug-likeness (QED) is 0.120. The van der Waals surface area contributed by atoms with Gasteiger partial charge in [-0.25, -0.2) is 4.79 Å². The van der Waals surface area contributed by atoms with Crippen molar-refractivity contribution in [1.82, 2.24) is 26.6 Å². The van der Waals surface area contributed by atoms with Crippen molar-refractivity contribution in [3.8, 4) is 0 Å². The van der Waals surface area contributed by atoms with Gasteiger partial charge in [-0.3, -0.25) is 14.4 Å². The molecule has 0 fully saturated rings. The van der Waals surface area contributed by atoms with Crippen LogP contribution in [0.15, 0.2) is 0 Å². The monoisotopic (exact) mass is 487 g/mol. The Kier molecular flexibility index (Phi) is 16.9. The second-order valence-electron chi connectivity index (χ2n) is 8.87. The molecule has 0 aromatic heterocycles. The molecule has 0 aliphatic rings. The van der Waals surface area contributed by atoms with Gasteiger partial charge in [0.15, 0.2) is 0 Å². The van der Waals surface area contributed by atoms with E-state index in [1.165, 1.54) is 0 Å². The van der Waals surface area contributed by atoms with E-state index >= 15 is 0 Å². The van der Waals surface area contributed by atoms with E-state index in [1.807, 2.05) is 27.7 Å². The molecule has 0 rings (SSSR count). The summed E-state index contributed by atoms with van der Waals surface area (Å²) < 4.78 is 0. The second kappa shape index (κ2) is 18.1. The molecule has 0 aromatic carbocycles. The van der Waals surface area contributed by atoms with Gasteiger partial charge in [-0.05, 0) is 26.3 Å². The lowest BCUT2D eigenvalue weighted by atomic mass is 10.1. The van der Waals surface area contributed by atoms with Gasteiger partial charge in [-0.2, -0.15) is 0 Å². The normalized spacial score (nSPS) is 14.8. The third kappa shape index (κ3) is 14.8. The van der Waals surface area contributed by atoms with E-state index in [0.717, 1.165) is 25.7 Å². The lowest BCUT2D eigenvalue weighted by Gasteiger charge is -2.25. The highest BCUT2D eigenvalue weighted by atomic mass is 16.4. The van der Waals surface area contributed by atoms with Crippen LogP contribution >= 0.6 is 0 Å². The van der Waals surface area contributed by atoms with Crippen LogP contribution in [0.3, 0.4) is 0 Å². The fourth-order valence-corrected chi connectivity index (χ4v) is 3.40. The fraction of sp³-hybridized carbons (Fsp3) is 0.826. The second-order valence-corrected chi connectivity index (χ2v) is 8.87. The van der Waals surface area contributed by atoms with Crippen molar-refractivity contribution in [3.63, 3.8) is 0 Å². The van der Waals surface area contributed by atoms with Crippen LogP contribution in [0.25, 0.3) is 0 Å². The van der Waals surface area contributed by atoms with Crippen LogP contribution in [0.4, 0.5) is 0 Å². The largest absolute Gasteiger partial charge is 0.481 e. The minimum Gasteiger partial charge on any atom is -0.481 e. The van der Waals surface area contributed by atoms with Crippen LogP contribution in [-0.2, 0) is 19.2 Å². The first-order chi connectivity index (χ1) is 16.0. The molecule has 0 saturated carbocycles. The smallest absolute Gasteiger partial charge is 0.328 e. The molecule has 34 heavy (non-hydrogen) atoms. The molecular weight excluding hydrogens is 442 g/mol. The van der Waals surface area contributed by atoms with Crippen molar-refractivity contribution in [2.45, 2.75) is 103 Å². The molecule has 0 spiro atoms. The van der Waals surface area contributed by atoms with Gasteiger partial charge in [0, 0.05) is 31.6 Å². The summed E-state index contributed by atoms with van der Waals surface area (Å²) in [6.07, 6.45) is 3.71. The predicted molar refractivity (Wildman–Crippen MR) is 131 cm³/mol. The van der Waals surface area contributed by atoms with Crippen molar-refractivity contribution < 1.29 is 29.4 Å². The fourth-order valence-electron chi connectivity index (χ4n) is 3.40. The summed E-state index contributed by atoms with van der Waals surface area (Å²) in [5.74, 6) is -3.30. The number of carboxylic acid groups (broad SMARTS) is 2. The van der Waals surface area contributed by atoms with Gasteiger partial charge in [0.25, 0.3) is 0 Å². The summed E-state index contributed by atoms with van der Waals surface area (Å²) >= 11 is 0. The number of hydrogen-bond donors (Lipinski definition) is 7. The van der Waals surface area contributed by atoms with E-state index in [2.05, 4.69) is 33.5 Å². The summed E-state index contributed by atoms with van der Waals surface area (Å²) in [5, 5.41) is 33.0. The van der Waals surface area contributed by atoms with Gasteiger partial charge in [0.05, 0.1) is 12.1 Å². The predicted octanol–water partition coefficient (Wildman–Crippen LogP) is 0.440. The molecule has 0 aliphatic carbocycles. The first kappa shape index (κ1) is 31.8. The van der Waals surface area contributed by atoms with Gasteiger partial charge in [-0.15, -0.1) is 0 Å². The molecule has 0 heterocycles.